The fraction of sp³-hybridized carbons (Fsp3) is 0.250. The van der Waals surface area contributed by atoms with Crippen molar-refractivity contribution in [3.05, 3.63) is 53.1 Å². The third-order valence-corrected chi connectivity index (χ3v) is 3.06. The summed E-state index contributed by atoms with van der Waals surface area (Å²) in [5, 5.41) is 13.1. The predicted octanol–water partition coefficient (Wildman–Crippen LogP) is 3.63. The molecule has 0 amide bonds. The topological polar surface area (TPSA) is 41.5 Å². The molecule has 0 bridgehead atoms. The Balaban J connectivity index is 2.18. The molecule has 0 saturated carbocycles. The summed E-state index contributed by atoms with van der Waals surface area (Å²) < 4.78 is 5.32. The fourth-order valence-electron chi connectivity index (χ4n) is 2.01. The minimum absolute atomic E-state index is 0.310. The Morgan fingerprint density at radius 2 is 1.74 bits per heavy atom. The lowest BCUT2D eigenvalue weighted by Crippen LogP contribution is -2.02. The summed E-state index contributed by atoms with van der Waals surface area (Å²) in [4.78, 5) is 0. The van der Waals surface area contributed by atoms with E-state index in [1.807, 2.05) is 44.2 Å². The van der Waals surface area contributed by atoms with Crippen LogP contribution in [-0.4, -0.2) is 12.2 Å². The van der Waals surface area contributed by atoms with Crippen LogP contribution in [0.5, 0.6) is 11.5 Å². The SMILES string of the molecule is COc1ccc(C)cc1NCc1cc(C)ccc1O. The second-order valence-electron chi connectivity index (χ2n) is 4.69. The lowest BCUT2D eigenvalue weighted by Gasteiger charge is -2.13. The molecule has 100 valence electrons. The second-order valence-corrected chi connectivity index (χ2v) is 4.69. The molecule has 0 aliphatic rings. The normalized spacial score (nSPS) is 10.3. The second kappa shape index (κ2) is 5.65. The number of ether oxygens (including phenoxy) is 1. The van der Waals surface area contributed by atoms with E-state index < -0.39 is 0 Å². The molecule has 3 heteroatoms. The van der Waals surface area contributed by atoms with Crippen LogP contribution in [0.3, 0.4) is 0 Å². The van der Waals surface area contributed by atoms with Gasteiger partial charge >= 0.3 is 0 Å². The van der Waals surface area contributed by atoms with E-state index in [-0.39, 0.29) is 0 Å². The van der Waals surface area contributed by atoms with E-state index in [0.717, 1.165) is 28.1 Å². The zero-order valence-corrected chi connectivity index (χ0v) is 11.5. The fourth-order valence-corrected chi connectivity index (χ4v) is 2.01. The Kier molecular flexibility index (Phi) is 3.95. The van der Waals surface area contributed by atoms with Crippen molar-refractivity contribution in [1.29, 1.82) is 0 Å². The molecule has 0 fully saturated rings. The number of anilines is 1. The van der Waals surface area contributed by atoms with Gasteiger partial charge in [0.05, 0.1) is 12.8 Å². The maximum absolute atomic E-state index is 9.82. The first-order valence-electron chi connectivity index (χ1n) is 6.27. The van der Waals surface area contributed by atoms with E-state index in [1.165, 1.54) is 0 Å². The standard InChI is InChI=1S/C16H19NO2/c1-11-4-6-15(18)13(8-11)10-17-14-9-12(2)5-7-16(14)19-3/h4-9,17-18H,10H2,1-3H3. The first kappa shape index (κ1) is 13.3. The van der Waals surface area contributed by atoms with E-state index in [9.17, 15) is 5.11 Å². The van der Waals surface area contributed by atoms with Crippen LogP contribution in [0.15, 0.2) is 36.4 Å². The minimum atomic E-state index is 0.310. The maximum atomic E-state index is 9.82. The van der Waals surface area contributed by atoms with Gasteiger partial charge in [-0.25, -0.2) is 0 Å². The van der Waals surface area contributed by atoms with E-state index in [0.29, 0.717) is 12.3 Å². The molecule has 0 aromatic heterocycles. The van der Waals surface area contributed by atoms with Gasteiger partial charge in [-0.05, 0) is 37.6 Å². The molecule has 0 aliphatic carbocycles. The number of aryl methyl sites for hydroxylation is 2. The van der Waals surface area contributed by atoms with Gasteiger partial charge in [-0.15, -0.1) is 0 Å². The summed E-state index contributed by atoms with van der Waals surface area (Å²) in [6.07, 6.45) is 0. The number of hydrogen-bond acceptors (Lipinski definition) is 3. The van der Waals surface area contributed by atoms with Gasteiger partial charge < -0.3 is 15.2 Å². The smallest absolute Gasteiger partial charge is 0.141 e. The van der Waals surface area contributed by atoms with Crippen LogP contribution >= 0.6 is 0 Å². The number of rotatable bonds is 4. The van der Waals surface area contributed by atoms with Crippen molar-refractivity contribution in [2.45, 2.75) is 20.4 Å². The average molecular weight is 257 g/mol. The molecule has 2 aromatic rings. The number of hydrogen-bond donors (Lipinski definition) is 2. The highest BCUT2D eigenvalue weighted by atomic mass is 16.5. The Labute approximate surface area is 113 Å². The molecule has 0 saturated heterocycles. The van der Waals surface area contributed by atoms with E-state index >= 15 is 0 Å². The molecular weight excluding hydrogens is 238 g/mol. The largest absolute Gasteiger partial charge is 0.508 e. The molecule has 0 radical (unpaired) electrons. The van der Waals surface area contributed by atoms with E-state index in [2.05, 4.69) is 5.32 Å². The van der Waals surface area contributed by atoms with Crippen molar-refractivity contribution >= 4 is 5.69 Å². The first-order chi connectivity index (χ1) is 9.10. The van der Waals surface area contributed by atoms with Crippen molar-refractivity contribution < 1.29 is 9.84 Å². The van der Waals surface area contributed by atoms with Gasteiger partial charge in [0.15, 0.2) is 0 Å². The van der Waals surface area contributed by atoms with Crippen molar-refractivity contribution in [2.75, 3.05) is 12.4 Å². The number of phenols is 1. The van der Waals surface area contributed by atoms with E-state index in [1.54, 1.807) is 13.2 Å². The highest BCUT2D eigenvalue weighted by Crippen LogP contribution is 2.27. The number of phenolic OH excluding ortho intramolecular Hbond substituents is 1. The molecule has 2 N–H and O–H groups in total. The third-order valence-electron chi connectivity index (χ3n) is 3.06. The van der Waals surface area contributed by atoms with Gasteiger partial charge in [-0.3, -0.25) is 0 Å². The van der Waals surface area contributed by atoms with Crippen molar-refractivity contribution in [1.82, 2.24) is 0 Å². The third kappa shape index (κ3) is 3.19. The quantitative estimate of drug-likeness (QED) is 0.878. The van der Waals surface area contributed by atoms with Crippen LogP contribution < -0.4 is 10.1 Å². The minimum Gasteiger partial charge on any atom is -0.508 e. The van der Waals surface area contributed by atoms with Gasteiger partial charge in [-0.2, -0.15) is 0 Å². The highest BCUT2D eigenvalue weighted by Gasteiger charge is 2.05. The number of nitrogens with one attached hydrogen (secondary N) is 1. The molecule has 0 atom stereocenters. The lowest BCUT2D eigenvalue weighted by atomic mass is 10.1. The van der Waals surface area contributed by atoms with Gasteiger partial charge in [0, 0.05) is 12.1 Å². The molecule has 19 heavy (non-hydrogen) atoms. The van der Waals surface area contributed by atoms with Crippen LogP contribution in [0.1, 0.15) is 16.7 Å². The molecule has 0 unspecified atom stereocenters. The Bertz CT molecular complexity index is 579. The molecule has 0 heterocycles. The molecule has 2 rings (SSSR count). The number of methoxy groups -OCH3 is 1. The molecule has 0 aliphatic heterocycles. The van der Waals surface area contributed by atoms with Crippen molar-refractivity contribution in [3.8, 4) is 11.5 Å². The van der Waals surface area contributed by atoms with Crippen molar-refractivity contribution in [2.24, 2.45) is 0 Å². The van der Waals surface area contributed by atoms with Crippen LogP contribution in [-0.2, 0) is 6.54 Å². The Morgan fingerprint density at radius 1 is 1.05 bits per heavy atom. The van der Waals surface area contributed by atoms with Gasteiger partial charge in [0.2, 0.25) is 0 Å². The van der Waals surface area contributed by atoms with Crippen LogP contribution in [0.2, 0.25) is 0 Å². The summed E-state index contributed by atoms with van der Waals surface area (Å²) in [6, 6.07) is 11.6. The zero-order chi connectivity index (χ0) is 13.8. The average Bonchev–Trinajstić information content (AvgIpc) is 2.40. The molecule has 3 nitrogen and oxygen atoms in total. The summed E-state index contributed by atoms with van der Waals surface area (Å²) in [7, 11) is 1.65. The van der Waals surface area contributed by atoms with Crippen LogP contribution in [0.25, 0.3) is 0 Å². The molecule has 0 spiro atoms. The summed E-state index contributed by atoms with van der Waals surface area (Å²) in [5.74, 6) is 1.11. The Hall–Kier alpha value is -2.16. The van der Waals surface area contributed by atoms with Gasteiger partial charge in [0.1, 0.15) is 11.5 Å². The first-order valence-corrected chi connectivity index (χ1v) is 6.27. The van der Waals surface area contributed by atoms with Gasteiger partial charge in [-0.1, -0.05) is 23.8 Å². The summed E-state index contributed by atoms with van der Waals surface area (Å²) >= 11 is 0. The van der Waals surface area contributed by atoms with Crippen LogP contribution in [0, 0.1) is 13.8 Å². The summed E-state index contributed by atoms with van der Waals surface area (Å²) in [5.41, 5.74) is 4.11. The van der Waals surface area contributed by atoms with E-state index in [4.69, 9.17) is 4.74 Å². The predicted molar refractivity (Wildman–Crippen MR) is 77.9 cm³/mol. The number of aromatic hydroxyl groups is 1. The zero-order valence-electron chi connectivity index (χ0n) is 11.5. The molecule has 2 aromatic carbocycles. The summed E-state index contributed by atoms with van der Waals surface area (Å²) in [6.45, 7) is 4.61. The molecular formula is C16H19NO2. The maximum Gasteiger partial charge on any atom is 0.141 e. The lowest BCUT2D eigenvalue weighted by molar-refractivity contribution is 0.416. The highest BCUT2D eigenvalue weighted by molar-refractivity contribution is 5.58. The van der Waals surface area contributed by atoms with Crippen LogP contribution in [0.4, 0.5) is 5.69 Å². The van der Waals surface area contributed by atoms with Gasteiger partial charge in [0.25, 0.3) is 0 Å². The number of benzene rings is 2. The van der Waals surface area contributed by atoms with Crippen molar-refractivity contribution in [3.63, 3.8) is 0 Å². The Morgan fingerprint density at radius 3 is 2.47 bits per heavy atom. The monoisotopic (exact) mass is 257 g/mol.